The van der Waals surface area contributed by atoms with Crippen molar-refractivity contribution >= 4 is 6.03 Å². The van der Waals surface area contributed by atoms with E-state index < -0.39 is 12.2 Å². The molecule has 0 saturated carbocycles. The third kappa shape index (κ3) is 7.38. The van der Waals surface area contributed by atoms with Crippen LogP contribution in [0.2, 0.25) is 0 Å². The Labute approximate surface area is 259 Å². The van der Waals surface area contributed by atoms with Gasteiger partial charge in [0, 0.05) is 23.3 Å². The van der Waals surface area contributed by atoms with Gasteiger partial charge >= 0.3 is 6.03 Å². The van der Waals surface area contributed by atoms with E-state index in [0.717, 1.165) is 33.8 Å². The molecular formula is C35H31N5O5. The molecule has 0 saturated heterocycles. The normalized spacial score (nSPS) is 11.6. The van der Waals surface area contributed by atoms with Crippen LogP contribution in [-0.4, -0.2) is 21.2 Å². The first-order valence-corrected chi connectivity index (χ1v) is 14.3. The number of carbonyl (C=O) groups is 1. The van der Waals surface area contributed by atoms with Gasteiger partial charge in [0.15, 0.2) is 11.5 Å². The minimum atomic E-state index is -1.01. The molecule has 226 valence electrons. The van der Waals surface area contributed by atoms with Crippen LogP contribution in [0.3, 0.4) is 0 Å². The molecule has 2 heterocycles. The molecule has 2 amide bonds. The van der Waals surface area contributed by atoms with Crippen molar-refractivity contribution in [2.24, 2.45) is 11.5 Å². The van der Waals surface area contributed by atoms with E-state index in [-0.39, 0.29) is 12.3 Å². The average molecular weight is 602 g/mol. The first kappa shape index (κ1) is 29.2. The van der Waals surface area contributed by atoms with Gasteiger partial charge in [-0.3, -0.25) is 4.90 Å². The predicted octanol–water partition coefficient (Wildman–Crippen LogP) is 6.69. The maximum atomic E-state index is 12.4. The molecule has 0 aliphatic heterocycles. The summed E-state index contributed by atoms with van der Waals surface area (Å²) in [4.78, 5) is 13.6. The van der Waals surface area contributed by atoms with E-state index in [1.807, 2.05) is 109 Å². The van der Waals surface area contributed by atoms with Crippen molar-refractivity contribution < 1.29 is 23.3 Å². The molecule has 0 radical (unpaired) electrons. The second-order valence-corrected chi connectivity index (χ2v) is 10.3. The molecule has 0 spiro atoms. The first-order valence-electron chi connectivity index (χ1n) is 14.3. The Morgan fingerprint density at radius 1 is 0.689 bits per heavy atom. The number of carbonyl (C=O) groups excluding carboxylic acids is 1. The van der Waals surface area contributed by atoms with Crippen LogP contribution >= 0.6 is 0 Å². The molecule has 10 heteroatoms. The quantitative estimate of drug-likeness (QED) is 0.148. The number of rotatable bonds is 12. The summed E-state index contributed by atoms with van der Waals surface area (Å²) in [5.74, 6) is 2.12. The zero-order valence-electron chi connectivity index (χ0n) is 24.3. The van der Waals surface area contributed by atoms with Crippen molar-refractivity contribution in [3.63, 3.8) is 0 Å². The van der Waals surface area contributed by atoms with Crippen LogP contribution in [0.5, 0.6) is 11.5 Å². The predicted molar refractivity (Wildman–Crippen MR) is 167 cm³/mol. The summed E-state index contributed by atoms with van der Waals surface area (Å²) in [5, 5.41) is 8.29. The Morgan fingerprint density at radius 3 is 1.69 bits per heavy atom. The number of benzene rings is 4. The summed E-state index contributed by atoms with van der Waals surface area (Å²) in [6.07, 6.45) is -1.01. The minimum Gasteiger partial charge on any atom is -0.489 e. The van der Waals surface area contributed by atoms with Crippen molar-refractivity contribution in [1.29, 1.82) is 0 Å². The van der Waals surface area contributed by atoms with Gasteiger partial charge in [-0.1, -0.05) is 71.0 Å². The van der Waals surface area contributed by atoms with Crippen molar-refractivity contribution in [2.75, 3.05) is 0 Å². The fourth-order valence-electron chi connectivity index (χ4n) is 4.65. The van der Waals surface area contributed by atoms with Crippen LogP contribution in [0.15, 0.2) is 130 Å². The highest BCUT2D eigenvalue weighted by molar-refractivity contribution is 5.72. The number of urea groups is 1. The zero-order chi connectivity index (χ0) is 31.0. The highest BCUT2D eigenvalue weighted by Gasteiger charge is 2.26. The van der Waals surface area contributed by atoms with Gasteiger partial charge in [-0.2, -0.15) is 0 Å². The van der Waals surface area contributed by atoms with Gasteiger partial charge in [0.25, 0.3) is 0 Å². The standard InChI is InChI=1S/C35H31N5O5/c36-34(33-20-32(39-45-33)27-13-17-29(18-14-27)43-23-25-9-5-2-6-10-25)40(35(37)41)21-30-19-31(38-44-30)26-11-15-28(16-12-26)42-22-24-7-3-1-4-8-24/h1-20,34H,21-23,36H2,(H2,37,41). The molecule has 10 nitrogen and oxygen atoms in total. The van der Waals surface area contributed by atoms with E-state index in [9.17, 15) is 4.79 Å². The molecule has 1 atom stereocenters. The molecule has 0 fully saturated rings. The molecule has 1 unspecified atom stereocenters. The maximum absolute atomic E-state index is 12.4. The average Bonchev–Trinajstić information content (AvgIpc) is 3.77. The van der Waals surface area contributed by atoms with Crippen LogP contribution in [0.4, 0.5) is 4.79 Å². The van der Waals surface area contributed by atoms with Crippen molar-refractivity contribution in [1.82, 2.24) is 15.2 Å². The molecule has 6 rings (SSSR count). The fourth-order valence-corrected chi connectivity index (χ4v) is 4.65. The van der Waals surface area contributed by atoms with Gasteiger partial charge in [0.2, 0.25) is 0 Å². The SMILES string of the molecule is NC(=O)N(Cc1cc(-c2ccc(OCc3ccccc3)cc2)no1)C(N)c1cc(-c2ccc(OCc3ccccc3)cc2)no1. The van der Waals surface area contributed by atoms with E-state index >= 15 is 0 Å². The van der Waals surface area contributed by atoms with Crippen LogP contribution in [-0.2, 0) is 19.8 Å². The molecule has 4 N–H and O–H groups in total. The van der Waals surface area contributed by atoms with E-state index in [0.29, 0.717) is 30.4 Å². The number of amides is 2. The highest BCUT2D eigenvalue weighted by Crippen LogP contribution is 2.28. The minimum absolute atomic E-state index is 0.0226. The van der Waals surface area contributed by atoms with Crippen LogP contribution in [0.25, 0.3) is 22.5 Å². The molecule has 4 aromatic carbocycles. The number of ether oxygens (including phenoxy) is 2. The van der Waals surface area contributed by atoms with Gasteiger partial charge in [-0.05, 0) is 59.7 Å². The topological polar surface area (TPSA) is 143 Å². The van der Waals surface area contributed by atoms with Gasteiger partial charge in [0.05, 0.1) is 6.54 Å². The Balaban J connectivity index is 1.07. The lowest BCUT2D eigenvalue weighted by Gasteiger charge is -2.23. The lowest BCUT2D eigenvalue weighted by atomic mass is 10.1. The van der Waals surface area contributed by atoms with Gasteiger partial charge < -0.3 is 30.0 Å². The second-order valence-electron chi connectivity index (χ2n) is 10.3. The third-order valence-electron chi connectivity index (χ3n) is 7.12. The van der Waals surface area contributed by atoms with E-state index in [1.54, 1.807) is 12.1 Å². The summed E-state index contributed by atoms with van der Waals surface area (Å²) < 4.78 is 22.7. The largest absolute Gasteiger partial charge is 0.489 e. The third-order valence-corrected chi connectivity index (χ3v) is 7.12. The van der Waals surface area contributed by atoms with Crippen molar-refractivity contribution in [3.05, 3.63) is 144 Å². The summed E-state index contributed by atoms with van der Waals surface area (Å²) in [6, 6.07) is 37.5. The van der Waals surface area contributed by atoms with Gasteiger partial charge in [-0.25, -0.2) is 4.79 Å². The molecule has 0 aliphatic rings. The van der Waals surface area contributed by atoms with Crippen LogP contribution < -0.4 is 20.9 Å². The molecule has 0 aliphatic carbocycles. The maximum Gasteiger partial charge on any atom is 0.316 e. The second kappa shape index (κ2) is 13.6. The number of hydrogen-bond donors (Lipinski definition) is 2. The van der Waals surface area contributed by atoms with Gasteiger partial charge in [0.1, 0.15) is 42.3 Å². The monoisotopic (exact) mass is 601 g/mol. The van der Waals surface area contributed by atoms with Crippen LogP contribution in [0, 0.1) is 0 Å². The smallest absolute Gasteiger partial charge is 0.316 e. The fraction of sp³-hybridized carbons (Fsp3) is 0.114. The number of nitrogens with two attached hydrogens (primary N) is 2. The molecule has 45 heavy (non-hydrogen) atoms. The van der Waals surface area contributed by atoms with Gasteiger partial charge in [-0.15, -0.1) is 0 Å². The lowest BCUT2D eigenvalue weighted by molar-refractivity contribution is 0.157. The van der Waals surface area contributed by atoms with E-state index in [2.05, 4.69) is 10.3 Å². The number of aromatic nitrogens is 2. The van der Waals surface area contributed by atoms with E-state index in [4.69, 9.17) is 30.0 Å². The Kier molecular flexibility index (Phi) is 8.84. The number of hydrogen-bond acceptors (Lipinski definition) is 8. The van der Waals surface area contributed by atoms with Crippen molar-refractivity contribution in [3.8, 4) is 34.0 Å². The number of nitrogens with zero attached hydrogens (tertiary/aromatic N) is 3. The Hall–Kier alpha value is -5.87. The molecule has 6 aromatic rings. The summed E-state index contributed by atoms with van der Waals surface area (Å²) in [7, 11) is 0. The Bertz CT molecular complexity index is 1820. The van der Waals surface area contributed by atoms with Crippen molar-refractivity contribution in [2.45, 2.75) is 25.9 Å². The first-order chi connectivity index (χ1) is 22.0. The number of primary amides is 1. The molecular weight excluding hydrogens is 570 g/mol. The highest BCUT2D eigenvalue weighted by atomic mass is 16.5. The lowest BCUT2D eigenvalue weighted by Crippen LogP contribution is -2.41. The molecule has 0 bridgehead atoms. The summed E-state index contributed by atoms with van der Waals surface area (Å²) in [5.41, 5.74) is 17.0. The van der Waals surface area contributed by atoms with Crippen LogP contribution in [0.1, 0.15) is 28.8 Å². The zero-order valence-corrected chi connectivity index (χ0v) is 24.3. The summed E-state index contributed by atoms with van der Waals surface area (Å²) in [6.45, 7) is 0.918. The molecule has 2 aromatic heterocycles. The van der Waals surface area contributed by atoms with E-state index in [1.165, 1.54) is 4.90 Å². The Morgan fingerprint density at radius 2 is 1.18 bits per heavy atom. The summed E-state index contributed by atoms with van der Waals surface area (Å²) >= 11 is 0.